The van der Waals surface area contributed by atoms with Gasteiger partial charge in [0.1, 0.15) is 4.90 Å². The maximum Gasteiger partial charge on any atom is 0.338 e. The molecule has 138 valence electrons. The zero-order valence-electron chi connectivity index (χ0n) is 13.5. The van der Waals surface area contributed by atoms with Gasteiger partial charge in [0.25, 0.3) is 5.91 Å². The molecule has 7 nitrogen and oxygen atoms in total. The fourth-order valence-corrected chi connectivity index (χ4v) is 3.32. The minimum absolute atomic E-state index is 0.111. The molecule has 10 heteroatoms. The molecule has 0 aliphatic rings. The molecule has 0 spiro atoms. The van der Waals surface area contributed by atoms with Crippen LogP contribution in [0.5, 0.6) is 0 Å². The lowest BCUT2D eigenvalue weighted by Crippen LogP contribution is -2.21. The molecule has 0 unspecified atom stereocenters. The molecule has 0 atom stereocenters. The Hall–Kier alpha value is -2.13. The van der Waals surface area contributed by atoms with Gasteiger partial charge in [-0.1, -0.05) is 29.3 Å². The average molecular weight is 417 g/mol. The molecule has 0 saturated carbocycles. The summed E-state index contributed by atoms with van der Waals surface area (Å²) in [7, 11) is -4.10. The van der Waals surface area contributed by atoms with Crippen molar-refractivity contribution in [1.82, 2.24) is 0 Å². The highest BCUT2D eigenvalue weighted by molar-refractivity contribution is 7.89. The molecule has 0 bridgehead atoms. The summed E-state index contributed by atoms with van der Waals surface area (Å²) in [6, 6.07) is 8.49. The molecule has 0 saturated heterocycles. The van der Waals surface area contributed by atoms with Gasteiger partial charge in [-0.25, -0.2) is 18.4 Å². The zero-order valence-corrected chi connectivity index (χ0v) is 15.8. The fourth-order valence-electron chi connectivity index (χ4n) is 1.97. The second kappa shape index (κ2) is 8.05. The number of nitrogens with two attached hydrogens (primary N) is 1. The lowest BCUT2D eigenvalue weighted by atomic mass is 10.2. The topological polar surface area (TPSA) is 116 Å². The highest BCUT2D eigenvalue weighted by Crippen LogP contribution is 2.23. The number of nitrogens with one attached hydrogen (secondary N) is 1. The van der Waals surface area contributed by atoms with Gasteiger partial charge >= 0.3 is 5.97 Å². The number of sulfonamides is 1. The fraction of sp³-hybridized carbons (Fsp3) is 0.125. The van der Waals surface area contributed by atoms with Gasteiger partial charge in [-0.3, -0.25) is 4.79 Å². The van der Waals surface area contributed by atoms with Crippen LogP contribution in [0, 0.1) is 6.92 Å². The number of rotatable bonds is 5. The van der Waals surface area contributed by atoms with E-state index in [4.69, 9.17) is 33.1 Å². The minimum Gasteiger partial charge on any atom is -0.452 e. The van der Waals surface area contributed by atoms with E-state index in [1.54, 1.807) is 18.2 Å². The predicted octanol–water partition coefficient (Wildman–Crippen LogP) is 2.74. The number of hydrogen-bond acceptors (Lipinski definition) is 5. The van der Waals surface area contributed by atoms with E-state index in [1.165, 1.54) is 12.1 Å². The van der Waals surface area contributed by atoms with Crippen LogP contribution in [0.1, 0.15) is 15.9 Å². The summed E-state index contributed by atoms with van der Waals surface area (Å²) in [5.74, 6) is -1.51. The summed E-state index contributed by atoms with van der Waals surface area (Å²) in [5, 5.41) is 7.74. The molecule has 2 aromatic carbocycles. The van der Waals surface area contributed by atoms with Gasteiger partial charge in [-0.2, -0.15) is 0 Å². The summed E-state index contributed by atoms with van der Waals surface area (Å²) < 4.78 is 27.7. The number of ether oxygens (including phenoxy) is 1. The number of primary sulfonamides is 1. The molecular formula is C16H14Cl2N2O5S. The van der Waals surface area contributed by atoms with Crippen molar-refractivity contribution in [3.63, 3.8) is 0 Å². The van der Waals surface area contributed by atoms with E-state index < -0.39 is 33.4 Å². The quantitative estimate of drug-likeness (QED) is 0.726. The molecule has 0 aromatic heterocycles. The first-order chi connectivity index (χ1) is 12.1. The summed E-state index contributed by atoms with van der Waals surface area (Å²) in [5.41, 5.74) is 1.19. The third-order valence-corrected chi connectivity index (χ3v) is 4.91. The first-order valence-electron chi connectivity index (χ1n) is 7.13. The van der Waals surface area contributed by atoms with Crippen LogP contribution in [-0.2, 0) is 19.6 Å². The predicted molar refractivity (Wildman–Crippen MR) is 97.9 cm³/mol. The van der Waals surface area contributed by atoms with Crippen molar-refractivity contribution in [2.45, 2.75) is 11.8 Å². The zero-order chi connectivity index (χ0) is 19.5. The van der Waals surface area contributed by atoms with Gasteiger partial charge in [0, 0.05) is 0 Å². The second-order valence-electron chi connectivity index (χ2n) is 5.30. The molecule has 0 heterocycles. The van der Waals surface area contributed by atoms with Crippen LogP contribution in [0.25, 0.3) is 0 Å². The van der Waals surface area contributed by atoms with Crippen LogP contribution in [0.15, 0.2) is 41.3 Å². The molecule has 0 aliphatic heterocycles. The lowest BCUT2D eigenvalue weighted by Gasteiger charge is -2.09. The Morgan fingerprint density at radius 1 is 1.12 bits per heavy atom. The Morgan fingerprint density at radius 3 is 2.42 bits per heavy atom. The highest BCUT2D eigenvalue weighted by Gasteiger charge is 2.18. The number of carbonyl (C=O) groups excluding carboxylic acids is 2. The Bertz CT molecular complexity index is 977. The number of halogens is 2. The van der Waals surface area contributed by atoms with E-state index in [9.17, 15) is 18.0 Å². The van der Waals surface area contributed by atoms with Crippen LogP contribution in [0.3, 0.4) is 0 Å². The van der Waals surface area contributed by atoms with Crippen LogP contribution >= 0.6 is 23.2 Å². The Kier molecular flexibility index (Phi) is 6.25. The van der Waals surface area contributed by atoms with Crippen molar-refractivity contribution in [3.05, 3.63) is 57.6 Å². The van der Waals surface area contributed by atoms with Crippen molar-refractivity contribution >= 4 is 50.8 Å². The average Bonchev–Trinajstić information content (AvgIpc) is 2.54. The number of benzene rings is 2. The van der Waals surface area contributed by atoms with E-state index in [0.717, 1.165) is 11.6 Å². The smallest absolute Gasteiger partial charge is 0.338 e. The molecule has 0 radical (unpaired) electrons. The van der Waals surface area contributed by atoms with E-state index in [1.807, 2.05) is 6.92 Å². The molecule has 3 N–H and O–H groups in total. The first kappa shape index (κ1) is 20.2. The Morgan fingerprint density at radius 2 is 1.81 bits per heavy atom. The first-order valence-corrected chi connectivity index (χ1v) is 9.43. The Labute approximate surface area is 160 Å². The van der Waals surface area contributed by atoms with Crippen molar-refractivity contribution in [2.24, 2.45) is 5.14 Å². The van der Waals surface area contributed by atoms with Crippen LogP contribution in [-0.4, -0.2) is 26.9 Å². The Balaban J connectivity index is 2.03. The minimum atomic E-state index is -4.10. The van der Waals surface area contributed by atoms with Crippen molar-refractivity contribution in [2.75, 3.05) is 11.9 Å². The standard InChI is InChI=1S/C16H14Cl2N2O5S/c1-9-2-5-13(12(18)6-9)20-15(21)8-25-16(22)10-3-4-11(17)14(7-10)26(19,23)24/h2-7H,8H2,1H3,(H,20,21)(H2,19,23,24). The highest BCUT2D eigenvalue weighted by atomic mass is 35.5. The van der Waals surface area contributed by atoms with Crippen molar-refractivity contribution in [1.29, 1.82) is 0 Å². The number of hydrogen-bond donors (Lipinski definition) is 2. The maximum atomic E-state index is 12.0. The van der Waals surface area contributed by atoms with Crippen molar-refractivity contribution < 1.29 is 22.7 Å². The summed E-state index contributed by atoms with van der Waals surface area (Å²) in [4.78, 5) is 23.5. The van der Waals surface area contributed by atoms with Gasteiger partial charge in [0.2, 0.25) is 10.0 Å². The van der Waals surface area contributed by atoms with Gasteiger partial charge < -0.3 is 10.1 Å². The number of aryl methyl sites for hydroxylation is 1. The molecule has 1 amide bonds. The second-order valence-corrected chi connectivity index (χ2v) is 7.64. The van der Waals surface area contributed by atoms with Crippen LogP contribution in [0.2, 0.25) is 10.0 Å². The number of anilines is 1. The van der Waals surface area contributed by atoms with Crippen LogP contribution in [0.4, 0.5) is 5.69 Å². The molecule has 2 aromatic rings. The van der Waals surface area contributed by atoms with Gasteiger partial charge in [-0.05, 0) is 42.8 Å². The summed E-state index contributed by atoms with van der Waals surface area (Å²) in [6.07, 6.45) is 0. The normalized spacial score (nSPS) is 11.1. The van der Waals surface area contributed by atoms with E-state index in [2.05, 4.69) is 5.32 Å². The molecule has 0 aliphatic carbocycles. The monoisotopic (exact) mass is 416 g/mol. The number of amides is 1. The van der Waals surface area contributed by atoms with Gasteiger partial charge in [0.15, 0.2) is 6.61 Å². The van der Waals surface area contributed by atoms with Gasteiger partial charge in [0.05, 0.1) is 21.3 Å². The largest absolute Gasteiger partial charge is 0.452 e. The summed E-state index contributed by atoms with van der Waals surface area (Å²) >= 11 is 11.7. The van der Waals surface area contributed by atoms with E-state index in [0.29, 0.717) is 10.7 Å². The maximum absolute atomic E-state index is 12.0. The molecule has 0 fully saturated rings. The van der Waals surface area contributed by atoms with Crippen LogP contribution < -0.4 is 10.5 Å². The third kappa shape index (κ3) is 5.18. The summed E-state index contributed by atoms with van der Waals surface area (Å²) in [6.45, 7) is 1.26. The number of carbonyl (C=O) groups is 2. The molecular weight excluding hydrogens is 403 g/mol. The third-order valence-electron chi connectivity index (χ3n) is 3.21. The number of esters is 1. The molecule has 26 heavy (non-hydrogen) atoms. The lowest BCUT2D eigenvalue weighted by molar-refractivity contribution is -0.119. The molecule has 2 rings (SSSR count). The van der Waals surface area contributed by atoms with E-state index in [-0.39, 0.29) is 10.6 Å². The van der Waals surface area contributed by atoms with E-state index >= 15 is 0 Å². The van der Waals surface area contributed by atoms with Gasteiger partial charge in [-0.15, -0.1) is 0 Å². The SMILES string of the molecule is Cc1ccc(NC(=O)COC(=O)c2ccc(Cl)c(S(N)(=O)=O)c2)c(Cl)c1. The van der Waals surface area contributed by atoms with Crippen molar-refractivity contribution in [3.8, 4) is 0 Å².